The monoisotopic (exact) mass is 473 g/mol. The van der Waals surface area contributed by atoms with Crippen LogP contribution in [0.5, 0.6) is 11.5 Å². The number of piperazine rings is 1. The van der Waals surface area contributed by atoms with E-state index in [-0.39, 0.29) is 18.3 Å². The van der Waals surface area contributed by atoms with E-state index in [0.717, 1.165) is 54.6 Å². The molecule has 0 spiro atoms. The molecule has 1 saturated heterocycles. The molecule has 2 heterocycles. The number of nitrogens with zero attached hydrogens (tertiary/aromatic N) is 3. The summed E-state index contributed by atoms with van der Waals surface area (Å²) in [6, 6.07) is 15.9. The van der Waals surface area contributed by atoms with E-state index in [9.17, 15) is 4.79 Å². The number of hydrogen-bond acceptors (Lipinski definition) is 6. The summed E-state index contributed by atoms with van der Waals surface area (Å²) >= 11 is 1.68. The zero-order valence-corrected chi connectivity index (χ0v) is 20.0. The van der Waals surface area contributed by atoms with Gasteiger partial charge in [-0.05, 0) is 17.7 Å². The Morgan fingerprint density at radius 3 is 2.41 bits per heavy atom. The molecule has 0 bridgehead atoms. The van der Waals surface area contributed by atoms with Crippen LogP contribution in [0.25, 0.3) is 10.6 Å². The summed E-state index contributed by atoms with van der Waals surface area (Å²) in [5, 5.41) is 3.19. The zero-order valence-electron chi connectivity index (χ0n) is 18.3. The van der Waals surface area contributed by atoms with Crippen LogP contribution in [0.15, 0.2) is 53.9 Å². The van der Waals surface area contributed by atoms with E-state index < -0.39 is 0 Å². The molecule has 1 amide bonds. The number of amides is 1. The lowest BCUT2D eigenvalue weighted by Crippen LogP contribution is -2.48. The van der Waals surface area contributed by atoms with E-state index in [4.69, 9.17) is 14.5 Å². The highest BCUT2D eigenvalue weighted by molar-refractivity contribution is 7.13. The van der Waals surface area contributed by atoms with Crippen LogP contribution in [-0.2, 0) is 17.8 Å². The first-order chi connectivity index (χ1) is 15.2. The molecule has 3 aromatic rings. The Morgan fingerprint density at radius 2 is 1.72 bits per heavy atom. The summed E-state index contributed by atoms with van der Waals surface area (Å²) in [6.07, 6.45) is 0.368. The number of thiazole rings is 1. The van der Waals surface area contributed by atoms with Gasteiger partial charge in [0.25, 0.3) is 0 Å². The van der Waals surface area contributed by atoms with Crippen LogP contribution in [0.4, 0.5) is 0 Å². The van der Waals surface area contributed by atoms with Gasteiger partial charge in [-0.15, -0.1) is 23.7 Å². The van der Waals surface area contributed by atoms with Gasteiger partial charge in [-0.1, -0.05) is 36.4 Å². The summed E-state index contributed by atoms with van der Waals surface area (Å²) in [6.45, 7) is 4.01. The topological polar surface area (TPSA) is 54.9 Å². The minimum atomic E-state index is 0. The van der Waals surface area contributed by atoms with Gasteiger partial charge in [-0.25, -0.2) is 4.98 Å². The molecule has 1 aromatic heterocycles. The van der Waals surface area contributed by atoms with Crippen LogP contribution < -0.4 is 9.47 Å². The summed E-state index contributed by atoms with van der Waals surface area (Å²) in [7, 11) is 3.21. The van der Waals surface area contributed by atoms with E-state index in [0.29, 0.717) is 17.9 Å². The molecule has 0 radical (unpaired) electrons. The van der Waals surface area contributed by atoms with E-state index in [1.165, 1.54) is 0 Å². The summed E-state index contributed by atoms with van der Waals surface area (Å²) < 4.78 is 10.6. The number of carbonyl (C=O) groups excluding carboxylic acids is 1. The van der Waals surface area contributed by atoms with Crippen LogP contribution in [0, 0.1) is 0 Å². The number of carbonyl (C=O) groups is 1. The number of methoxy groups -OCH3 is 2. The third kappa shape index (κ3) is 5.79. The van der Waals surface area contributed by atoms with Gasteiger partial charge in [-0.2, -0.15) is 0 Å². The second-order valence-electron chi connectivity index (χ2n) is 7.53. The van der Waals surface area contributed by atoms with Crippen molar-refractivity contribution in [3.63, 3.8) is 0 Å². The molecule has 170 valence electrons. The molecule has 4 rings (SSSR count). The average Bonchev–Trinajstić information content (AvgIpc) is 3.28. The number of ether oxygens (including phenoxy) is 2. The van der Waals surface area contributed by atoms with E-state index in [1.54, 1.807) is 25.6 Å². The maximum Gasteiger partial charge on any atom is 0.227 e. The highest BCUT2D eigenvalue weighted by Crippen LogP contribution is 2.28. The van der Waals surface area contributed by atoms with Gasteiger partial charge in [-0.3, -0.25) is 9.69 Å². The van der Waals surface area contributed by atoms with Crippen molar-refractivity contribution in [1.29, 1.82) is 0 Å². The molecule has 2 aromatic carbocycles. The fourth-order valence-corrected chi connectivity index (χ4v) is 4.57. The largest absolute Gasteiger partial charge is 0.493 e. The quantitative estimate of drug-likeness (QED) is 0.516. The van der Waals surface area contributed by atoms with Crippen molar-refractivity contribution in [3.8, 4) is 22.1 Å². The van der Waals surface area contributed by atoms with Crippen molar-refractivity contribution in [2.24, 2.45) is 0 Å². The molecule has 0 atom stereocenters. The predicted molar refractivity (Wildman–Crippen MR) is 130 cm³/mol. The first-order valence-corrected chi connectivity index (χ1v) is 11.2. The molecule has 0 aliphatic carbocycles. The Morgan fingerprint density at radius 1 is 1.00 bits per heavy atom. The highest BCUT2D eigenvalue weighted by atomic mass is 35.5. The molecule has 1 aliphatic rings. The molecule has 1 fully saturated rings. The fourth-order valence-electron chi connectivity index (χ4n) is 3.75. The van der Waals surface area contributed by atoms with Crippen molar-refractivity contribution in [3.05, 3.63) is 65.2 Å². The number of halogens is 1. The Labute approximate surface area is 199 Å². The maximum absolute atomic E-state index is 12.8. The first-order valence-electron chi connectivity index (χ1n) is 10.4. The van der Waals surface area contributed by atoms with Crippen molar-refractivity contribution >= 4 is 29.7 Å². The number of hydrogen-bond donors (Lipinski definition) is 0. The van der Waals surface area contributed by atoms with E-state index in [1.807, 2.05) is 41.3 Å². The van der Waals surface area contributed by atoms with Gasteiger partial charge < -0.3 is 14.4 Å². The normalized spacial score (nSPS) is 14.0. The number of rotatable bonds is 7. The van der Waals surface area contributed by atoms with Crippen molar-refractivity contribution in [2.75, 3.05) is 40.4 Å². The molecule has 6 nitrogen and oxygen atoms in total. The van der Waals surface area contributed by atoms with E-state index in [2.05, 4.69) is 22.4 Å². The average molecular weight is 474 g/mol. The van der Waals surface area contributed by atoms with Crippen LogP contribution in [0.1, 0.15) is 11.3 Å². The lowest BCUT2D eigenvalue weighted by Gasteiger charge is -2.34. The SMILES string of the molecule is COc1ccc(CC(=O)N2CCN(Cc3csc(-c4ccccc4)n3)CC2)cc1OC.Cl. The van der Waals surface area contributed by atoms with Crippen molar-refractivity contribution in [1.82, 2.24) is 14.8 Å². The molecule has 0 unspecified atom stereocenters. The summed E-state index contributed by atoms with van der Waals surface area (Å²) in [5.41, 5.74) is 3.18. The van der Waals surface area contributed by atoms with Crippen LogP contribution in [0.2, 0.25) is 0 Å². The van der Waals surface area contributed by atoms with Gasteiger partial charge in [0.2, 0.25) is 5.91 Å². The van der Waals surface area contributed by atoms with E-state index >= 15 is 0 Å². The minimum absolute atomic E-state index is 0. The Hall–Kier alpha value is -2.61. The van der Waals surface area contributed by atoms with Gasteiger partial charge in [0, 0.05) is 43.7 Å². The third-order valence-corrected chi connectivity index (χ3v) is 6.43. The standard InChI is InChI=1S/C24H27N3O3S.ClH/c1-29-21-9-8-18(14-22(21)30-2)15-23(28)27-12-10-26(11-13-27)16-20-17-31-24(25-20)19-6-4-3-5-7-19;/h3-9,14,17H,10-13,15-16H2,1-2H3;1H. The lowest BCUT2D eigenvalue weighted by atomic mass is 10.1. The van der Waals surface area contributed by atoms with Gasteiger partial charge in [0.15, 0.2) is 11.5 Å². The second-order valence-corrected chi connectivity index (χ2v) is 8.39. The maximum atomic E-state index is 12.8. The second kappa shape index (κ2) is 11.3. The van der Waals surface area contributed by atoms with Crippen molar-refractivity contribution < 1.29 is 14.3 Å². The summed E-state index contributed by atoms with van der Waals surface area (Å²) in [5.74, 6) is 1.47. The van der Waals surface area contributed by atoms with Crippen LogP contribution >= 0.6 is 23.7 Å². The molecule has 0 saturated carbocycles. The van der Waals surface area contributed by atoms with Gasteiger partial charge in [0.05, 0.1) is 26.3 Å². The van der Waals surface area contributed by atoms with Crippen LogP contribution in [-0.4, -0.2) is 61.1 Å². The minimum Gasteiger partial charge on any atom is -0.493 e. The van der Waals surface area contributed by atoms with Gasteiger partial charge >= 0.3 is 0 Å². The Bertz CT molecular complexity index is 1020. The van der Waals surface area contributed by atoms with Crippen molar-refractivity contribution in [2.45, 2.75) is 13.0 Å². The smallest absolute Gasteiger partial charge is 0.227 e. The molecule has 0 N–H and O–H groups in total. The fraction of sp³-hybridized carbons (Fsp3) is 0.333. The Kier molecular flexibility index (Phi) is 8.50. The predicted octanol–water partition coefficient (Wildman–Crippen LogP) is 4.14. The zero-order chi connectivity index (χ0) is 21.6. The summed E-state index contributed by atoms with van der Waals surface area (Å²) in [4.78, 5) is 21.9. The highest BCUT2D eigenvalue weighted by Gasteiger charge is 2.22. The van der Waals surface area contributed by atoms with Gasteiger partial charge in [0.1, 0.15) is 5.01 Å². The Balaban J connectivity index is 0.00000289. The molecule has 32 heavy (non-hydrogen) atoms. The number of benzene rings is 2. The first kappa shape index (κ1) is 24.0. The molecule has 8 heteroatoms. The van der Waals surface area contributed by atoms with Crippen LogP contribution in [0.3, 0.4) is 0 Å². The lowest BCUT2D eigenvalue weighted by molar-refractivity contribution is -0.132. The third-order valence-electron chi connectivity index (χ3n) is 5.49. The number of aromatic nitrogens is 1. The molecule has 1 aliphatic heterocycles. The molecular weight excluding hydrogens is 446 g/mol. The molecular formula is C24H28ClN3O3S.